The minimum absolute atomic E-state index is 0.133. The molecular weight excluding hydrogens is 402 g/mol. The highest BCUT2D eigenvalue weighted by Gasteiger charge is 2.14. The van der Waals surface area contributed by atoms with Crippen molar-refractivity contribution in [3.63, 3.8) is 0 Å². The Kier molecular flexibility index (Phi) is 5.02. The SMILES string of the molecule is Cc1c(NC(=O)c2ccc(-c3ccccc3)cc2)cccc1-c1nc2cccnc2s1. The zero-order valence-corrected chi connectivity index (χ0v) is 17.7. The normalized spacial score (nSPS) is 10.9. The van der Waals surface area contributed by atoms with Crippen molar-refractivity contribution in [2.24, 2.45) is 0 Å². The van der Waals surface area contributed by atoms with Crippen molar-refractivity contribution >= 4 is 33.3 Å². The highest BCUT2D eigenvalue weighted by molar-refractivity contribution is 7.21. The maximum atomic E-state index is 12.9. The van der Waals surface area contributed by atoms with Gasteiger partial charge < -0.3 is 5.32 Å². The van der Waals surface area contributed by atoms with Gasteiger partial charge in [0.05, 0.1) is 0 Å². The average Bonchev–Trinajstić information content (AvgIpc) is 3.25. The van der Waals surface area contributed by atoms with Gasteiger partial charge in [0.2, 0.25) is 0 Å². The number of aromatic nitrogens is 2. The summed E-state index contributed by atoms with van der Waals surface area (Å²) in [5.74, 6) is -0.133. The topological polar surface area (TPSA) is 54.9 Å². The van der Waals surface area contributed by atoms with Crippen molar-refractivity contribution < 1.29 is 4.79 Å². The number of hydrogen-bond donors (Lipinski definition) is 1. The third-order valence-electron chi connectivity index (χ3n) is 5.23. The van der Waals surface area contributed by atoms with E-state index in [4.69, 9.17) is 4.98 Å². The van der Waals surface area contributed by atoms with E-state index in [-0.39, 0.29) is 5.91 Å². The number of nitrogens with zero attached hydrogens (tertiary/aromatic N) is 2. The van der Waals surface area contributed by atoms with Gasteiger partial charge >= 0.3 is 0 Å². The molecule has 2 heterocycles. The zero-order chi connectivity index (χ0) is 21.2. The standard InChI is InChI=1S/C26H19N3OS/c1-17-21(25-29-23-11-6-16-27-26(23)31-25)9-5-10-22(17)28-24(30)20-14-12-19(13-15-20)18-7-3-2-4-8-18/h2-16H,1H3,(H,28,30). The Morgan fingerprint density at radius 3 is 2.39 bits per heavy atom. The van der Waals surface area contributed by atoms with Crippen molar-refractivity contribution in [2.75, 3.05) is 5.32 Å². The number of hydrogen-bond acceptors (Lipinski definition) is 4. The Bertz CT molecular complexity index is 1340. The fourth-order valence-corrected chi connectivity index (χ4v) is 4.52. The van der Waals surface area contributed by atoms with Crippen LogP contribution in [0.25, 0.3) is 32.0 Å². The molecule has 3 aromatic carbocycles. The fraction of sp³-hybridized carbons (Fsp3) is 0.0385. The second kappa shape index (κ2) is 8.13. The average molecular weight is 422 g/mol. The van der Waals surface area contributed by atoms with E-state index in [9.17, 15) is 4.79 Å². The van der Waals surface area contributed by atoms with Crippen LogP contribution >= 0.6 is 11.3 Å². The molecule has 0 aliphatic heterocycles. The second-order valence-corrected chi connectivity index (χ2v) is 8.20. The van der Waals surface area contributed by atoms with Gasteiger partial charge in [-0.15, -0.1) is 0 Å². The summed E-state index contributed by atoms with van der Waals surface area (Å²) in [5, 5.41) is 3.95. The summed E-state index contributed by atoms with van der Waals surface area (Å²) in [7, 11) is 0. The summed E-state index contributed by atoms with van der Waals surface area (Å²) in [6.07, 6.45) is 1.77. The van der Waals surface area contributed by atoms with E-state index in [0.717, 1.165) is 43.3 Å². The first kappa shape index (κ1) is 19.2. The number of thiazole rings is 1. The molecule has 0 spiro atoms. The van der Waals surface area contributed by atoms with Crippen LogP contribution in [0.5, 0.6) is 0 Å². The van der Waals surface area contributed by atoms with Gasteiger partial charge in [-0.25, -0.2) is 9.97 Å². The maximum Gasteiger partial charge on any atom is 0.255 e. The Hall–Kier alpha value is -3.83. The van der Waals surface area contributed by atoms with Crippen molar-refractivity contribution in [1.82, 2.24) is 9.97 Å². The van der Waals surface area contributed by atoms with Crippen molar-refractivity contribution in [2.45, 2.75) is 6.92 Å². The second-order valence-electron chi connectivity index (χ2n) is 7.22. The van der Waals surface area contributed by atoms with Gasteiger partial charge in [-0.3, -0.25) is 4.79 Å². The molecule has 150 valence electrons. The molecule has 1 N–H and O–H groups in total. The van der Waals surface area contributed by atoms with E-state index in [1.165, 1.54) is 0 Å². The van der Waals surface area contributed by atoms with Crippen LogP contribution in [0, 0.1) is 6.92 Å². The Morgan fingerprint density at radius 2 is 1.61 bits per heavy atom. The minimum atomic E-state index is -0.133. The van der Waals surface area contributed by atoms with Gasteiger partial charge in [0.25, 0.3) is 5.91 Å². The Labute approximate surface area is 184 Å². The molecule has 0 aliphatic rings. The van der Waals surface area contributed by atoms with E-state index in [1.807, 2.05) is 79.7 Å². The molecule has 0 radical (unpaired) electrons. The summed E-state index contributed by atoms with van der Waals surface area (Å²) in [6, 6.07) is 27.5. The predicted molar refractivity (Wildman–Crippen MR) is 127 cm³/mol. The van der Waals surface area contributed by atoms with Crippen LogP contribution in [0.15, 0.2) is 91.1 Å². The molecule has 5 aromatic rings. The summed E-state index contributed by atoms with van der Waals surface area (Å²) in [6.45, 7) is 2.00. The van der Waals surface area contributed by atoms with Gasteiger partial charge in [0.15, 0.2) is 0 Å². The first-order chi connectivity index (χ1) is 15.2. The maximum absolute atomic E-state index is 12.9. The van der Waals surface area contributed by atoms with Crippen LogP contribution in [-0.2, 0) is 0 Å². The smallest absolute Gasteiger partial charge is 0.255 e. The molecule has 5 rings (SSSR count). The number of fused-ring (bicyclic) bond motifs is 1. The van der Waals surface area contributed by atoms with E-state index < -0.39 is 0 Å². The molecule has 4 nitrogen and oxygen atoms in total. The van der Waals surface area contributed by atoms with Crippen LogP contribution in [0.4, 0.5) is 5.69 Å². The molecule has 0 atom stereocenters. The Balaban J connectivity index is 1.40. The van der Waals surface area contributed by atoms with Gasteiger partial charge in [0.1, 0.15) is 15.4 Å². The van der Waals surface area contributed by atoms with E-state index in [0.29, 0.717) is 5.56 Å². The number of carbonyl (C=O) groups is 1. The van der Waals surface area contributed by atoms with E-state index >= 15 is 0 Å². The fourth-order valence-electron chi connectivity index (χ4n) is 3.53. The number of rotatable bonds is 4. The highest BCUT2D eigenvalue weighted by Crippen LogP contribution is 2.33. The summed E-state index contributed by atoms with van der Waals surface area (Å²) >= 11 is 1.55. The molecule has 0 unspecified atom stereocenters. The lowest BCUT2D eigenvalue weighted by Crippen LogP contribution is -2.12. The highest BCUT2D eigenvalue weighted by atomic mass is 32.1. The predicted octanol–water partition coefficient (Wildman–Crippen LogP) is 6.59. The van der Waals surface area contributed by atoms with Gasteiger partial charge in [-0.1, -0.05) is 65.9 Å². The number of amides is 1. The Morgan fingerprint density at radius 1 is 0.839 bits per heavy atom. The van der Waals surface area contributed by atoms with E-state index in [1.54, 1.807) is 17.5 Å². The first-order valence-electron chi connectivity index (χ1n) is 9.97. The molecule has 31 heavy (non-hydrogen) atoms. The number of pyridine rings is 1. The molecule has 0 fully saturated rings. The minimum Gasteiger partial charge on any atom is -0.322 e. The van der Waals surface area contributed by atoms with Crippen molar-refractivity contribution in [3.8, 4) is 21.7 Å². The summed E-state index contributed by atoms with van der Waals surface area (Å²) in [4.78, 5) is 22.9. The first-order valence-corrected chi connectivity index (χ1v) is 10.8. The summed E-state index contributed by atoms with van der Waals surface area (Å²) in [5.41, 5.74) is 6.48. The molecule has 5 heteroatoms. The van der Waals surface area contributed by atoms with Crippen LogP contribution < -0.4 is 5.32 Å². The molecule has 0 aliphatic carbocycles. The van der Waals surface area contributed by atoms with E-state index in [2.05, 4.69) is 22.4 Å². The molecular formula is C26H19N3OS. The number of benzene rings is 3. The molecule has 1 amide bonds. The lowest BCUT2D eigenvalue weighted by atomic mass is 10.0. The third-order valence-corrected chi connectivity index (χ3v) is 6.25. The van der Waals surface area contributed by atoms with Crippen molar-refractivity contribution in [3.05, 3.63) is 102 Å². The summed E-state index contributed by atoms with van der Waals surface area (Å²) < 4.78 is 0. The van der Waals surface area contributed by atoms with Crippen molar-refractivity contribution in [1.29, 1.82) is 0 Å². The third kappa shape index (κ3) is 3.83. The number of nitrogens with one attached hydrogen (secondary N) is 1. The van der Waals surface area contributed by atoms with Gasteiger partial charge in [-0.2, -0.15) is 0 Å². The zero-order valence-electron chi connectivity index (χ0n) is 16.9. The number of carbonyl (C=O) groups excluding carboxylic acids is 1. The monoisotopic (exact) mass is 421 g/mol. The molecule has 0 saturated carbocycles. The van der Waals surface area contributed by atoms with Crippen LogP contribution in [-0.4, -0.2) is 15.9 Å². The quantitative estimate of drug-likeness (QED) is 0.356. The molecule has 0 saturated heterocycles. The van der Waals surface area contributed by atoms with Crippen LogP contribution in [0.3, 0.4) is 0 Å². The van der Waals surface area contributed by atoms with Gasteiger partial charge in [0, 0.05) is 23.0 Å². The van der Waals surface area contributed by atoms with Crippen LogP contribution in [0.2, 0.25) is 0 Å². The molecule has 2 aromatic heterocycles. The number of anilines is 1. The van der Waals surface area contributed by atoms with Crippen LogP contribution in [0.1, 0.15) is 15.9 Å². The van der Waals surface area contributed by atoms with Gasteiger partial charge in [-0.05, 0) is 53.9 Å². The lowest BCUT2D eigenvalue weighted by Gasteiger charge is -2.11. The molecule has 0 bridgehead atoms. The largest absolute Gasteiger partial charge is 0.322 e. The lowest BCUT2D eigenvalue weighted by molar-refractivity contribution is 0.102.